The van der Waals surface area contributed by atoms with Gasteiger partial charge in [0.1, 0.15) is 0 Å². The number of hydrogen-bond donors (Lipinski definition) is 1. The number of carbonyl (C=O) groups is 1. The van der Waals surface area contributed by atoms with E-state index in [1.807, 2.05) is 60.4 Å². The molecular weight excluding hydrogens is 397 g/mol. The number of benzene rings is 2. The molecule has 28 heavy (non-hydrogen) atoms. The molecule has 0 aliphatic carbocycles. The van der Waals surface area contributed by atoms with Gasteiger partial charge in [-0.1, -0.05) is 41.1 Å². The van der Waals surface area contributed by atoms with Crippen LogP contribution >= 0.6 is 24.0 Å². The van der Waals surface area contributed by atoms with Gasteiger partial charge >= 0.3 is 0 Å². The van der Waals surface area contributed by atoms with Crippen molar-refractivity contribution in [3.05, 3.63) is 76.6 Å². The van der Waals surface area contributed by atoms with Crippen molar-refractivity contribution in [1.29, 1.82) is 0 Å². The van der Waals surface area contributed by atoms with Gasteiger partial charge in [-0.25, -0.2) is 4.68 Å². The number of piperazine rings is 1. The molecule has 1 aliphatic heterocycles. The lowest BCUT2D eigenvalue weighted by Gasteiger charge is -2.36. The molecule has 146 valence electrons. The van der Waals surface area contributed by atoms with Gasteiger partial charge in [-0.2, -0.15) is 0 Å². The Balaban J connectivity index is 0.00000225. The van der Waals surface area contributed by atoms with Crippen molar-refractivity contribution < 1.29 is 4.79 Å². The molecule has 1 aromatic heterocycles. The Bertz CT molecular complexity index is 974. The van der Waals surface area contributed by atoms with Crippen molar-refractivity contribution in [1.82, 2.24) is 25.2 Å². The van der Waals surface area contributed by atoms with Gasteiger partial charge in [-0.05, 0) is 42.3 Å². The molecule has 1 amide bonds. The van der Waals surface area contributed by atoms with Crippen molar-refractivity contribution >= 4 is 29.9 Å². The summed E-state index contributed by atoms with van der Waals surface area (Å²) in [6.07, 6.45) is 1.69. The Morgan fingerprint density at radius 2 is 2.04 bits per heavy atom. The SMILES string of the molecule is Cc1cccc(-n2cc(C(=O)N3CCNCC3c3cccc(Cl)c3)nn2)c1.Cl. The van der Waals surface area contributed by atoms with Crippen LogP contribution in [0.5, 0.6) is 0 Å². The van der Waals surface area contributed by atoms with E-state index in [-0.39, 0.29) is 24.4 Å². The van der Waals surface area contributed by atoms with Crippen molar-refractivity contribution in [3.63, 3.8) is 0 Å². The summed E-state index contributed by atoms with van der Waals surface area (Å²) in [6.45, 7) is 4.04. The molecule has 1 N–H and O–H groups in total. The molecule has 4 rings (SSSR count). The summed E-state index contributed by atoms with van der Waals surface area (Å²) in [5.74, 6) is -0.125. The molecule has 1 aliphatic rings. The Kier molecular flexibility index (Phi) is 6.34. The normalized spacial score (nSPS) is 16.5. The highest BCUT2D eigenvalue weighted by molar-refractivity contribution is 6.30. The maximum Gasteiger partial charge on any atom is 0.276 e. The molecule has 8 heteroatoms. The van der Waals surface area contributed by atoms with E-state index in [9.17, 15) is 4.79 Å². The van der Waals surface area contributed by atoms with Gasteiger partial charge in [0.05, 0.1) is 17.9 Å². The highest BCUT2D eigenvalue weighted by atomic mass is 35.5. The smallest absolute Gasteiger partial charge is 0.276 e. The lowest BCUT2D eigenvalue weighted by molar-refractivity contribution is 0.0628. The average molecular weight is 418 g/mol. The standard InChI is InChI=1S/C20H20ClN5O.ClH/c1-14-4-2-7-17(10-14)26-13-18(23-24-26)20(27)25-9-8-22-12-19(25)15-5-3-6-16(21)11-15;/h2-7,10-11,13,19,22H,8-9,12H2,1H3;1H. The number of nitrogens with zero attached hydrogens (tertiary/aromatic N) is 4. The summed E-state index contributed by atoms with van der Waals surface area (Å²) >= 11 is 6.14. The molecule has 3 aromatic rings. The fourth-order valence-electron chi connectivity index (χ4n) is 3.36. The fourth-order valence-corrected chi connectivity index (χ4v) is 3.56. The maximum atomic E-state index is 13.1. The van der Waals surface area contributed by atoms with Crippen LogP contribution in [0, 0.1) is 6.92 Å². The minimum Gasteiger partial charge on any atom is -0.328 e. The molecule has 6 nitrogen and oxygen atoms in total. The van der Waals surface area contributed by atoms with E-state index < -0.39 is 0 Å². The summed E-state index contributed by atoms with van der Waals surface area (Å²) in [7, 11) is 0. The number of hydrogen-bond acceptors (Lipinski definition) is 4. The van der Waals surface area contributed by atoms with E-state index in [0.29, 0.717) is 23.8 Å². The van der Waals surface area contributed by atoms with E-state index in [4.69, 9.17) is 11.6 Å². The van der Waals surface area contributed by atoms with Crippen LogP contribution < -0.4 is 5.32 Å². The van der Waals surface area contributed by atoms with E-state index in [0.717, 1.165) is 23.4 Å². The zero-order chi connectivity index (χ0) is 18.8. The molecule has 2 aromatic carbocycles. The predicted molar refractivity (Wildman–Crippen MR) is 111 cm³/mol. The Labute approximate surface area is 174 Å². The fraction of sp³-hybridized carbons (Fsp3) is 0.250. The third-order valence-corrected chi connectivity index (χ3v) is 4.95. The number of amides is 1. The quantitative estimate of drug-likeness (QED) is 0.708. The lowest BCUT2D eigenvalue weighted by Crippen LogP contribution is -2.48. The first-order valence-corrected chi connectivity index (χ1v) is 9.26. The van der Waals surface area contributed by atoms with Crippen LogP contribution in [0.4, 0.5) is 0 Å². The van der Waals surface area contributed by atoms with Gasteiger partial charge in [-0.3, -0.25) is 4.79 Å². The summed E-state index contributed by atoms with van der Waals surface area (Å²) in [5, 5.41) is 12.3. The Morgan fingerprint density at radius 3 is 2.82 bits per heavy atom. The van der Waals surface area contributed by atoms with Crippen LogP contribution in [0.2, 0.25) is 5.02 Å². The second-order valence-corrected chi connectivity index (χ2v) is 7.10. The highest BCUT2D eigenvalue weighted by Crippen LogP contribution is 2.26. The molecule has 1 fully saturated rings. The Hall–Kier alpha value is -2.41. The number of halogens is 2. The highest BCUT2D eigenvalue weighted by Gasteiger charge is 2.30. The van der Waals surface area contributed by atoms with Crippen molar-refractivity contribution in [2.45, 2.75) is 13.0 Å². The number of nitrogens with one attached hydrogen (secondary N) is 1. The first kappa shape index (κ1) is 20.3. The minimum atomic E-state index is -0.125. The molecular formula is C20H21Cl2N5O. The monoisotopic (exact) mass is 417 g/mol. The summed E-state index contributed by atoms with van der Waals surface area (Å²) in [6, 6.07) is 15.5. The molecule has 1 atom stereocenters. The number of aryl methyl sites for hydroxylation is 1. The topological polar surface area (TPSA) is 63.1 Å². The summed E-state index contributed by atoms with van der Waals surface area (Å²) in [4.78, 5) is 15.0. The van der Waals surface area contributed by atoms with Gasteiger partial charge in [0.15, 0.2) is 5.69 Å². The van der Waals surface area contributed by atoms with Crippen LogP contribution in [-0.4, -0.2) is 45.4 Å². The van der Waals surface area contributed by atoms with E-state index in [1.165, 1.54) is 0 Å². The third-order valence-electron chi connectivity index (χ3n) is 4.72. The first-order valence-electron chi connectivity index (χ1n) is 8.88. The van der Waals surface area contributed by atoms with Crippen LogP contribution in [0.1, 0.15) is 27.7 Å². The second kappa shape index (κ2) is 8.73. The Morgan fingerprint density at radius 1 is 1.21 bits per heavy atom. The van der Waals surface area contributed by atoms with E-state index in [2.05, 4.69) is 15.6 Å². The van der Waals surface area contributed by atoms with Gasteiger partial charge in [0.25, 0.3) is 5.91 Å². The minimum absolute atomic E-state index is 0. The van der Waals surface area contributed by atoms with Crippen LogP contribution in [0.15, 0.2) is 54.7 Å². The number of rotatable bonds is 3. The van der Waals surface area contributed by atoms with Gasteiger partial charge in [0, 0.05) is 24.7 Å². The molecule has 0 saturated carbocycles. The molecule has 0 radical (unpaired) electrons. The van der Waals surface area contributed by atoms with Crippen molar-refractivity contribution in [2.75, 3.05) is 19.6 Å². The lowest BCUT2D eigenvalue weighted by atomic mass is 10.0. The predicted octanol–water partition coefficient (Wildman–Crippen LogP) is 3.44. The molecule has 2 heterocycles. The van der Waals surface area contributed by atoms with Gasteiger partial charge < -0.3 is 10.2 Å². The summed E-state index contributed by atoms with van der Waals surface area (Å²) in [5.41, 5.74) is 3.35. The zero-order valence-electron chi connectivity index (χ0n) is 15.4. The third kappa shape index (κ3) is 4.19. The van der Waals surface area contributed by atoms with E-state index in [1.54, 1.807) is 10.9 Å². The van der Waals surface area contributed by atoms with Crippen molar-refractivity contribution in [2.24, 2.45) is 0 Å². The van der Waals surface area contributed by atoms with E-state index >= 15 is 0 Å². The van der Waals surface area contributed by atoms with Crippen LogP contribution in [-0.2, 0) is 0 Å². The second-order valence-electron chi connectivity index (χ2n) is 6.66. The van der Waals surface area contributed by atoms with Crippen LogP contribution in [0.25, 0.3) is 5.69 Å². The van der Waals surface area contributed by atoms with Crippen molar-refractivity contribution in [3.8, 4) is 5.69 Å². The molecule has 1 unspecified atom stereocenters. The zero-order valence-corrected chi connectivity index (χ0v) is 17.0. The van der Waals surface area contributed by atoms with Crippen LogP contribution in [0.3, 0.4) is 0 Å². The largest absolute Gasteiger partial charge is 0.328 e. The molecule has 0 spiro atoms. The molecule has 1 saturated heterocycles. The maximum absolute atomic E-state index is 13.1. The molecule has 0 bridgehead atoms. The van der Waals surface area contributed by atoms with Gasteiger partial charge in [0.2, 0.25) is 0 Å². The van der Waals surface area contributed by atoms with Gasteiger partial charge in [-0.15, -0.1) is 17.5 Å². The first-order chi connectivity index (χ1) is 13.1. The average Bonchev–Trinajstić information content (AvgIpc) is 3.18. The summed E-state index contributed by atoms with van der Waals surface area (Å²) < 4.78 is 1.64. The number of carbonyl (C=O) groups excluding carboxylic acids is 1. The number of aromatic nitrogens is 3.